The molecule has 3 nitrogen and oxygen atoms in total. The standard InChI is InChI=1S/C9H22N2OSi/c1-7-12-9-13(8-2,10(3)4)11(5)6/h8H,2,7,9H2,1,3-6H3. The molecule has 0 unspecified atom stereocenters. The van der Waals surface area contributed by atoms with Crippen molar-refractivity contribution in [1.82, 2.24) is 9.13 Å². The maximum Gasteiger partial charge on any atom is 0.257 e. The summed E-state index contributed by atoms with van der Waals surface area (Å²) in [5, 5.41) is 0. The summed E-state index contributed by atoms with van der Waals surface area (Å²) in [6.07, 6.45) is 0.785. The minimum atomic E-state index is -1.74. The Morgan fingerprint density at radius 1 is 1.23 bits per heavy atom. The van der Waals surface area contributed by atoms with Gasteiger partial charge in [0.15, 0.2) is 0 Å². The highest BCUT2D eigenvalue weighted by molar-refractivity contribution is 6.79. The highest BCUT2D eigenvalue weighted by atomic mass is 28.3. The van der Waals surface area contributed by atoms with E-state index in [1.807, 2.05) is 6.92 Å². The minimum Gasteiger partial charge on any atom is -0.382 e. The predicted octanol–water partition coefficient (Wildman–Crippen LogP) is 0.853. The molecule has 0 atom stereocenters. The molecule has 0 aromatic rings. The van der Waals surface area contributed by atoms with Crippen molar-refractivity contribution in [3.8, 4) is 0 Å². The smallest absolute Gasteiger partial charge is 0.257 e. The molecule has 0 rings (SSSR count). The van der Waals surface area contributed by atoms with Crippen molar-refractivity contribution in [1.29, 1.82) is 0 Å². The minimum absolute atomic E-state index is 0.768. The lowest BCUT2D eigenvalue weighted by Gasteiger charge is -2.39. The summed E-state index contributed by atoms with van der Waals surface area (Å²) in [6.45, 7) is 6.72. The highest BCUT2D eigenvalue weighted by Gasteiger charge is 2.36. The maximum absolute atomic E-state index is 5.52. The van der Waals surface area contributed by atoms with Crippen molar-refractivity contribution in [2.24, 2.45) is 0 Å². The summed E-state index contributed by atoms with van der Waals surface area (Å²) in [4.78, 5) is 0. The molecule has 0 aromatic carbocycles. The van der Waals surface area contributed by atoms with Crippen LogP contribution in [0.1, 0.15) is 6.92 Å². The van der Waals surface area contributed by atoms with Crippen LogP contribution < -0.4 is 0 Å². The molecule has 0 saturated heterocycles. The monoisotopic (exact) mass is 202 g/mol. The molecule has 78 valence electrons. The zero-order valence-electron chi connectivity index (χ0n) is 9.50. The lowest BCUT2D eigenvalue weighted by atomic mass is 10.9. The molecule has 0 aliphatic rings. The summed E-state index contributed by atoms with van der Waals surface area (Å²) < 4.78 is 10.0. The Morgan fingerprint density at radius 3 is 1.92 bits per heavy atom. The van der Waals surface area contributed by atoms with Gasteiger partial charge in [-0.25, -0.2) is 0 Å². The molecular weight excluding hydrogens is 180 g/mol. The van der Waals surface area contributed by atoms with Crippen LogP contribution in [-0.2, 0) is 4.74 Å². The van der Waals surface area contributed by atoms with Gasteiger partial charge < -0.3 is 13.9 Å². The van der Waals surface area contributed by atoms with Crippen LogP contribution >= 0.6 is 0 Å². The normalized spacial score (nSPS) is 12.5. The summed E-state index contributed by atoms with van der Waals surface area (Å²) in [5.41, 5.74) is 2.06. The van der Waals surface area contributed by atoms with Gasteiger partial charge in [0.05, 0.1) is 6.23 Å². The van der Waals surface area contributed by atoms with Crippen molar-refractivity contribution >= 4 is 8.40 Å². The van der Waals surface area contributed by atoms with Crippen LogP contribution in [0.3, 0.4) is 0 Å². The van der Waals surface area contributed by atoms with E-state index in [0.29, 0.717) is 0 Å². The van der Waals surface area contributed by atoms with Gasteiger partial charge >= 0.3 is 0 Å². The van der Waals surface area contributed by atoms with E-state index in [9.17, 15) is 0 Å². The molecule has 0 saturated carbocycles. The molecule has 0 amide bonds. The van der Waals surface area contributed by atoms with E-state index < -0.39 is 8.40 Å². The van der Waals surface area contributed by atoms with Gasteiger partial charge in [-0.3, -0.25) is 0 Å². The van der Waals surface area contributed by atoms with E-state index in [1.54, 1.807) is 0 Å². The highest BCUT2D eigenvalue weighted by Crippen LogP contribution is 2.11. The first-order valence-electron chi connectivity index (χ1n) is 4.57. The summed E-state index contributed by atoms with van der Waals surface area (Å²) in [5.74, 6) is 0. The van der Waals surface area contributed by atoms with E-state index in [4.69, 9.17) is 4.74 Å². The van der Waals surface area contributed by atoms with E-state index in [0.717, 1.165) is 12.8 Å². The number of hydrogen-bond donors (Lipinski definition) is 0. The Hall–Kier alpha value is -0.163. The summed E-state index contributed by atoms with van der Waals surface area (Å²) in [7, 11) is 6.62. The Balaban J connectivity index is 4.55. The molecule has 0 aliphatic carbocycles. The molecule has 0 N–H and O–H groups in total. The van der Waals surface area contributed by atoms with Gasteiger partial charge in [-0.1, -0.05) is 5.70 Å². The predicted molar refractivity (Wildman–Crippen MR) is 59.8 cm³/mol. The van der Waals surface area contributed by atoms with Crippen molar-refractivity contribution in [2.45, 2.75) is 6.92 Å². The fourth-order valence-electron chi connectivity index (χ4n) is 1.33. The van der Waals surface area contributed by atoms with Crippen molar-refractivity contribution < 1.29 is 4.74 Å². The van der Waals surface area contributed by atoms with Crippen LogP contribution in [-0.4, -0.2) is 58.6 Å². The zero-order chi connectivity index (χ0) is 10.5. The van der Waals surface area contributed by atoms with E-state index >= 15 is 0 Å². The van der Waals surface area contributed by atoms with Crippen LogP contribution in [0.4, 0.5) is 0 Å². The third kappa shape index (κ3) is 2.91. The maximum atomic E-state index is 5.52. The molecule has 0 heterocycles. The molecule has 0 spiro atoms. The van der Waals surface area contributed by atoms with E-state index in [1.165, 1.54) is 0 Å². The fraction of sp³-hybridized carbons (Fsp3) is 0.778. The SMILES string of the molecule is C=C[Si](COCC)(N(C)C)N(C)C. The zero-order valence-corrected chi connectivity index (χ0v) is 10.5. The van der Waals surface area contributed by atoms with Crippen LogP contribution in [0.2, 0.25) is 0 Å². The molecule has 0 fully saturated rings. The van der Waals surface area contributed by atoms with Gasteiger partial charge in [-0.05, 0) is 35.1 Å². The molecule has 0 aliphatic heterocycles. The Morgan fingerprint density at radius 2 is 1.69 bits per heavy atom. The first-order valence-corrected chi connectivity index (χ1v) is 6.75. The van der Waals surface area contributed by atoms with Gasteiger partial charge in [0, 0.05) is 6.61 Å². The Bertz CT molecular complexity index is 152. The fourth-order valence-corrected chi connectivity index (χ4v) is 4.00. The second-order valence-electron chi connectivity index (χ2n) is 3.51. The molecule has 4 heteroatoms. The summed E-state index contributed by atoms with van der Waals surface area (Å²) >= 11 is 0. The number of hydrogen-bond acceptors (Lipinski definition) is 3. The van der Waals surface area contributed by atoms with Gasteiger partial charge in [0.1, 0.15) is 0 Å². The van der Waals surface area contributed by atoms with Gasteiger partial charge in [0.25, 0.3) is 8.40 Å². The van der Waals surface area contributed by atoms with E-state index in [2.05, 4.69) is 49.6 Å². The third-order valence-electron chi connectivity index (χ3n) is 2.39. The average Bonchev–Trinajstić information content (AvgIpc) is 2.05. The second-order valence-corrected chi connectivity index (χ2v) is 7.75. The number of ether oxygens (including phenoxy) is 1. The van der Waals surface area contributed by atoms with Gasteiger partial charge in [0.2, 0.25) is 0 Å². The third-order valence-corrected chi connectivity index (χ3v) is 6.77. The quantitative estimate of drug-likeness (QED) is 0.594. The topological polar surface area (TPSA) is 15.7 Å². The van der Waals surface area contributed by atoms with Gasteiger partial charge in [-0.15, -0.1) is 6.58 Å². The molecular formula is C9H22N2OSi. The number of rotatable bonds is 6. The Labute approximate surface area is 83.1 Å². The summed E-state index contributed by atoms with van der Waals surface area (Å²) in [6, 6.07) is 0. The van der Waals surface area contributed by atoms with Crippen molar-refractivity contribution in [3.05, 3.63) is 12.3 Å². The first-order chi connectivity index (χ1) is 6.01. The average molecular weight is 202 g/mol. The molecule has 0 radical (unpaired) electrons. The lowest BCUT2D eigenvalue weighted by molar-refractivity contribution is 0.175. The molecule has 13 heavy (non-hydrogen) atoms. The van der Waals surface area contributed by atoms with Crippen molar-refractivity contribution in [3.63, 3.8) is 0 Å². The van der Waals surface area contributed by atoms with Crippen LogP contribution in [0, 0.1) is 0 Å². The van der Waals surface area contributed by atoms with Crippen LogP contribution in [0.5, 0.6) is 0 Å². The van der Waals surface area contributed by atoms with Crippen molar-refractivity contribution in [2.75, 3.05) is 41.0 Å². The Kier molecular flexibility index (Phi) is 5.47. The number of nitrogens with zero attached hydrogens (tertiary/aromatic N) is 2. The van der Waals surface area contributed by atoms with Crippen LogP contribution in [0.25, 0.3) is 0 Å². The van der Waals surface area contributed by atoms with Crippen LogP contribution in [0.15, 0.2) is 12.3 Å². The lowest BCUT2D eigenvalue weighted by Crippen LogP contribution is -2.63. The molecule has 0 bridgehead atoms. The first kappa shape index (κ1) is 12.8. The van der Waals surface area contributed by atoms with Gasteiger partial charge in [-0.2, -0.15) is 0 Å². The largest absolute Gasteiger partial charge is 0.382 e. The van der Waals surface area contributed by atoms with E-state index in [-0.39, 0.29) is 0 Å². The second kappa shape index (κ2) is 5.54. The molecule has 0 aromatic heterocycles.